The molecule has 190 valence electrons. The van der Waals surface area contributed by atoms with Crippen LogP contribution >= 0.6 is 0 Å². The van der Waals surface area contributed by atoms with Gasteiger partial charge in [0.15, 0.2) is 0 Å². The Kier molecular flexibility index (Phi) is 5.76. The van der Waals surface area contributed by atoms with Crippen molar-refractivity contribution in [2.75, 3.05) is 25.9 Å². The van der Waals surface area contributed by atoms with E-state index in [0.29, 0.717) is 34.8 Å². The molecule has 2 aromatic heterocycles. The first kappa shape index (κ1) is 23.6. The molecule has 2 fully saturated rings. The van der Waals surface area contributed by atoms with Crippen molar-refractivity contribution in [3.05, 3.63) is 73.2 Å². The molecule has 6 rings (SSSR count). The van der Waals surface area contributed by atoms with Crippen LogP contribution in [-0.2, 0) is 11.8 Å². The van der Waals surface area contributed by atoms with Crippen LogP contribution in [0.1, 0.15) is 5.69 Å². The van der Waals surface area contributed by atoms with E-state index in [9.17, 15) is 4.79 Å². The Bertz CT molecular complexity index is 1620. The van der Waals surface area contributed by atoms with Crippen LogP contribution in [-0.4, -0.2) is 45.5 Å². The number of methoxy groups -OCH3 is 1. The number of hydrogen-bond acceptors (Lipinski definition) is 6. The van der Waals surface area contributed by atoms with Crippen molar-refractivity contribution < 1.29 is 14.3 Å². The number of para-hydroxylation sites is 1. The lowest BCUT2D eigenvalue weighted by molar-refractivity contribution is -0.125. The van der Waals surface area contributed by atoms with Gasteiger partial charge < -0.3 is 24.7 Å². The first-order valence-corrected chi connectivity index (χ1v) is 12.4. The summed E-state index contributed by atoms with van der Waals surface area (Å²) in [6, 6.07) is 15.3. The molecule has 1 saturated carbocycles. The summed E-state index contributed by atoms with van der Waals surface area (Å²) >= 11 is 0. The number of nitrogens with two attached hydrogens (primary N) is 1. The van der Waals surface area contributed by atoms with Gasteiger partial charge in [-0.1, -0.05) is 30.7 Å². The highest BCUT2D eigenvalue weighted by Crippen LogP contribution is 2.51. The van der Waals surface area contributed by atoms with E-state index in [2.05, 4.69) is 28.4 Å². The van der Waals surface area contributed by atoms with E-state index in [1.807, 2.05) is 65.0 Å². The van der Waals surface area contributed by atoms with Crippen LogP contribution in [0.15, 0.2) is 67.5 Å². The molecular weight excluding hydrogens is 478 g/mol. The summed E-state index contributed by atoms with van der Waals surface area (Å²) in [5, 5.41) is 0.730. The van der Waals surface area contributed by atoms with Crippen molar-refractivity contribution in [1.82, 2.24) is 19.4 Å². The van der Waals surface area contributed by atoms with Crippen LogP contribution in [0.25, 0.3) is 22.2 Å². The molecule has 2 N–H and O–H groups in total. The van der Waals surface area contributed by atoms with Gasteiger partial charge in [0.05, 0.1) is 12.5 Å². The van der Waals surface area contributed by atoms with Gasteiger partial charge in [0.1, 0.15) is 40.7 Å². The predicted molar refractivity (Wildman–Crippen MR) is 146 cm³/mol. The zero-order valence-electron chi connectivity index (χ0n) is 21.2. The summed E-state index contributed by atoms with van der Waals surface area (Å²) in [6.07, 6.45) is 2.84. The highest BCUT2D eigenvalue weighted by Gasteiger charge is 2.55. The number of hydrogen-bond donors (Lipinski definition) is 1. The number of carbonyl (C=O) groups excluding carboxylic acids is 1. The Balaban J connectivity index is 1.40. The van der Waals surface area contributed by atoms with E-state index in [1.165, 1.54) is 12.4 Å². The minimum Gasteiger partial charge on any atom is -0.496 e. The fourth-order valence-electron chi connectivity index (χ4n) is 5.45. The van der Waals surface area contributed by atoms with Crippen LogP contribution in [0.2, 0.25) is 0 Å². The molecule has 1 aliphatic heterocycles. The molecule has 0 radical (unpaired) electrons. The highest BCUT2D eigenvalue weighted by atomic mass is 16.5. The SMILES string of the molecule is C=CC(=O)N1C[C@@H]2C(C#Cc3c(-c4ccc(Oc5ccccc5)cc4OC)c4c(N)ncnc4n3C)[C@@H]2C1. The molecule has 1 aliphatic carbocycles. The second-order valence-corrected chi connectivity index (χ2v) is 9.59. The Morgan fingerprint density at radius 3 is 2.61 bits per heavy atom. The van der Waals surface area contributed by atoms with Crippen molar-refractivity contribution in [1.29, 1.82) is 0 Å². The standard InChI is InChI=1S/C30H27N5O3/c1-4-26(36)35-15-22-20(23(22)16-35)12-13-24-27(28-29(31)32-17-33-30(28)34(24)2)21-11-10-19(14-25(21)37-3)38-18-8-6-5-7-9-18/h4-11,14,17,20,22-23H,1,15-16H2,2-3H3,(H2,31,32,33)/t20?,22-,23+. The van der Waals surface area contributed by atoms with E-state index in [4.69, 9.17) is 15.2 Å². The molecule has 3 atom stereocenters. The number of rotatable bonds is 5. The zero-order chi connectivity index (χ0) is 26.4. The van der Waals surface area contributed by atoms with Crippen LogP contribution in [0, 0.1) is 29.6 Å². The Hall–Kier alpha value is -4.77. The highest BCUT2D eigenvalue weighted by molar-refractivity contribution is 6.04. The monoisotopic (exact) mass is 505 g/mol. The molecule has 2 aromatic carbocycles. The van der Waals surface area contributed by atoms with E-state index >= 15 is 0 Å². The van der Waals surface area contributed by atoms with Gasteiger partial charge in [-0.05, 0) is 48.1 Å². The molecule has 1 unspecified atom stereocenters. The number of likely N-dealkylation sites (tertiary alicyclic amines) is 1. The van der Waals surface area contributed by atoms with Gasteiger partial charge in [0, 0.05) is 43.2 Å². The van der Waals surface area contributed by atoms with Crippen molar-refractivity contribution in [3.63, 3.8) is 0 Å². The molecule has 4 aromatic rings. The summed E-state index contributed by atoms with van der Waals surface area (Å²) in [4.78, 5) is 22.6. The van der Waals surface area contributed by atoms with Crippen LogP contribution in [0.5, 0.6) is 17.2 Å². The third-order valence-corrected chi connectivity index (χ3v) is 7.46. The maximum Gasteiger partial charge on any atom is 0.245 e. The summed E-state index contributed by atoms with van der Waals surface area (Å²) in [5.41, 5.74) is 9.50. The maximum absolute atomic E-state index is 12.0. The molecule has 0 spiro atoms. The second kappa shape index (κ2) is 9.27. The second-order valence-electron chi connectivity index (χ2n) is 9.59. The molecule has 1 amide bonds. The minimum atomic E-state index is -0.0132. The van der Waals surface area contributed by atoms with Crippen LogP contribution in [0.4, 0.5) is 5.82 Å². The number of aromatic nitrogens is 3. The van der Waals surface area contributed by atoms with Gasteiger partial charge in [0.2, 0.25) is 5.91 Å². The lowest BCUT2D eigenvalue weighted by Crippen LogP contribution is -2.29. The first-order valence-electron chi connectivity index (χ1n) is 12.4. The van der Waals surface area contributed by atoms with E-state index in [1.54, 1.807) is 7.11 Å². The quantitative estimate of drug-likeness (QED) is 0.322. The average molecular weight is 506 g/mol. The fourth-order valence-corrected chi connectivity index (χ4v) is 5.45. The number of fused-ring (bicyclic) bond motifs is 2. The third kappa shape index (κ3) is 3.93. The predicted octanol–water partition coefficient (Wildman–Crippen LogP) is 4.26. The largest absolute Gasteiger partial charge is 0.496 e. The lowest BCUT2D eigenvalue weighted by atomic mass is 10.0. The topological polar surface area (TPSA) is 95.5 Å². The molecular formula is C30H27N5O3. The number of carbonyl (C=O) groups is 1. The maximum atomic E-state index is 12.0. The summed E-state index contributed by atoms with van der Waals surface area (Å²) in [5.74, 6) is 10.3. The Morgan fingerprint density at radius 1 is 1.13 bits per heavy atom. The number of anilines is 1. The molecule has 3 heterocycles. The lowest BCUT2D eigenvalue weighted by Gasteiger charge is -2.16. The minimum absolute atomic E-state index is 0.0132. The zero-order valence-corrected chi connectivity index (χ0v) is 21.2. The van der Waals surface area contributed by atoms with Gasteiger partial charge in [-0.25, -0.2) is 9.97 Å². The van der Waals surface area contributed by atoms with Gasteiger partial charge in [-0.2, -0.15) is 0 Å². The molecule has 2 aliphatic rings. The summed E-state index contributed by atoms with van der Waals surface area (Å²) in [6.45, 7) is 5.05. The number of benzene rings is 2. The molecule has 8 heteroatoms. The van der Waals surface area contributed by atoms with Crippen LogP contribution in [0.3, 0.4) is 0 Å². The van der Waals surface area contributed by atoms with E-state index in [-0.39, 0.29) is 11.8 Å². The Morgan fingerprint density at radius 2 is 1.89 bits per heavy atom. The smallest absolute Gasteiger partial charge is 0.245 e. The van der Waals surface area contributed by atoms with Crippen molar-refractivity contribution in [2.24, 2.45) is 24.8 Å². The number of ether oxygens (including phenoxy) is 2. The van der Waals surface area contributed by atoms with Gasteiger partial charge in [-0.15, -0.1) is 0 Å². The molecule has 1 saturated heterocycles. The van der Waals surface area contributed by atoms with Crippen molar-refractivity contribution >= 4 is 22.8 Å². The summed E-state index contributed by atoms with van der Waals surface area (Å²) in [7, 11) is 3.56. The molecule has 0 bridgehead atoms. The Labute approximate surface area is 220 Å². The number of piperidine rings is 1. The molecule has 38 heavy (non-hydrogen) atoms. The summed E-state index contributed by atoms with van der Waals surface area (Å²) < 4.78 is 13.8. The van der Waals surface area contributed by atoms with E-state index < -0.39 is 0 Å². The van der Waals surface area contributed by atoms with Crippen molar-refractivity contribution in [2.45, 2.75) is 0 Å². The number of nitrogens with zero attached hydrogens (tertiary/aromatic N) is 4. The number of nitrogen functional groups attached to an aromatic ring is 1. The van der Waals surface area contributed by atoms with Gasteiger partial charge in [0.25, 0.3) is 0 Å². The van der Waals surface area contributed by atoms with Crippen LogP contribution < -0.4 is 15.2 Å². The molecule has 8 nitrogen and oxygen atoms in total. The van der Waals surface area contributed by atoms with E-state index in [0.717, 1.165) is 41.0 Å². The fraction of sp³-hybridized carbons (Fsp3) is 0.233. The number of aryl methyl sites for hydroxylation is 1. The van der Waals surface area contributed by atoms with Crippen molar-refractivity contribution in [3.8, 4) is 40.2 Å². The van der Waals surface area contributed by atoms with Gasteiger partial charge in [-0.3, -0.25) is 4.79 Å². The first-order chi connectivity index (χ1) is 18.5. The third-order valence-electron chi connectivity index (χ3n) is 7.46. The van der Waals surface area contributed by atoms with Gasteiger partial charge >= 0.3 is 0 Å². The number of amides is 1. The average Bonchev–Trinajstić information content (AvgIpc) is 3.25. The normalized spacial score (nSPS) is 19.4.